The molecule has 156 valence electrons. The normalized spacial score (nSPS) is 10.5. The van der Waals surface area contributed by atoms with Crippen LogP contribution in [0, 0.1) is 21.7 Å². The maximum atomic E-state index is 13.1. The van der Waals surface area contributed by atoms with Gasteiger partial charge in [-0.1, -0.05) is 12.1 Å². The first-order chi connectivity index (χ1) is 14.2. The monoisotopic (exact) mass is 419 g/mol. The standard InChI is InChI=1S/C19H15F2N3O6/c20-15-6-5-13(9-16(15)21)23-17(25)10-22-18(26)11-30-19(27)7-4-12-2-1-3-14(8-12)24(28)29/h1-9H,10-11H2,(H,22,26)(H,23,25)/b7-4+. The van der Waals surface area contributed by atoms with E-state index in [1.54, 1.807) is 0 Å². The molecule has 0 saturated carbocycles. The summed E-state index contributed by atoms with van der Waals surface area (Å²) in [6.07, 6.45) is 2.27. The van der Waals surface area contributed by atoms with Crippen molar-refractivity contribution in [1.82, 2.24) is 5.32 Å². The van der Waals surface area contributed by atoms with Crippen molar-refractivity contribution in [3.05, 3.63) is 75.9 Å². The summed E-state index contributed by atoms with van der Waals surface area (Å²) in [5.41, 5.74) is 0.247. The molecule has 0 fully saturated rings. The Bertz CT molecular complexity index is 1010. The number of non-ortho nitro benzene ring substituents is 1. The summed E-state index contributed by atoms with van der Waals surface area (Å²) in [6.45, 7) is -1.16. The molecule has 9 nitrogen and oxygen atoms in total. The topological polar surface area (TPSA) is 128 Å². The van der Waals surface area contributed by atoms with Crippen molar-refractivity contribution < 1.29 is 32.8 Å². The highest BCUT2D eigenvalue weighted by molar-refractivity contribution is 5.95. The first-order valence-corrected chi connectivity index (χ1v) is 8.35. The number of benzene rings is 2. The minimum absolute atomic E-state index is 0.00543. The molecule has 2 rings (SSSR count). The molecule has 0 spiro atoms. The number of halogens is 2. The van der Waals surface area contributed by atoms with Crippen LogP contribution in [0.25, 0.3) is 6.08 Å². The van der Waals surface area contributed by atoms with Crippen LogP contribution in [-0.2, 0) is 19.1 Å². The summed E-state index contributed by atoms with van der Waals surface area (Å²) in [5, 5.41) is 15.1. The van der Waals surface area contributed by atoms with Gasteiger partial charge in [-0.15, -0.1) is 0 Å². The first kappa shape index (κ1) is 22.1. The van der Waals surface area contributed by atoms with Gasteiger partial charge in [-0.2, -0.15) is 0 Å². The van der Waals surface area contributed by atoms with E-state index in [1.165, 1.54) is 30.3 Å². The third-order valence-corrected chi connectivity index (χ3v) is 3.49. The van der Waals surface area contributed by atoms with Crippen LogP contribution in [0.4, 0.5) is 20.2 Å². The smallest absolute Gasteiger partial charge is 0.331 e. The van der Waals surface area contributed by atoms with Crippen molar-refractivity contribution in [2.75, 3.05) is 18.5 Å². The van der Waals surface area contributed by atoms with Crippen molar-refractivity contribution >= 4 is 35.2 Å². The van der Waals surface area contributed by atoms with Crippen molar-refractivity contribution in [3.8, 4) is 0 Å². The molecule has 0 radical (unpaired) electrons. The Balaban J connectivity index is 1.73. The average molecular weight is 419 g/mol. The molecule has 0 atom stereocenters. The maximum absolute atomic E-state index is 13.1. The predicted molar refractivity (Wildman–Crippen MR) is 101 cm³/mol. The Morgan fingerprint density at radius 3 is 2.53 bits per heavy atom. The van der Waals surface area contributed by atoms with Crippen molar-refractivity contribution in [1.29, 1.82) is 0 Å². The molecule has 0 aromatic heterocycles. The van der Waals surface area contributed by atoms with E-state index < -0.39 is 47.5 Å². The van der Waals surface area contributed by atoms with E-state index >= 15 is 0 Å². The Morgan fingerprint density at radius 2 is 1.83 bits per heavy atom. The van der Waals surface area contributed by atoms with Gasteiger partial charge in [0.25, 0.3) is 11.6 Å². The van der Waals surface area contributed by atoms with Gasteiger partial charge in [-0.3, -0.25) is 19.7 Å². The number of hydrogen-bond donors (Lipinski definition) is 2. The summed E-state index contributed by atoms with van der Waals surface area (Å²) in [4.78, 5) is 45.0. The van der Waals surface area contributed by atoms with Crippen molar-refractivity contribution in [2.45, 2.75) is 0 Å². The number of nitro groups is 1. The van der Waals surface area contributed by atoms with E-state index in [1.807, 2.05) is 0 Å². The Kier molecular flexibility index (Phi) is 7.68. The Hall–Kier alpha value is -4.15. The number of nitrogens with zero attached hydrogens (tertiary/aromatic N) is 1. The van der Waals surface area contributed by atoms with Gasteiger partial charge in [0, 0.05) is 30.0 Å². The molecule has 0 bridgehead atoms. The fourth-order valence-electron chi connectivity index (χ4n) is 2.10. The van der Waals surface area contributed by atoms with E-state index in [9.17, 15) is 33.3 Å². The number of rotatable bonds is 8. The van der Waals surface area contributed by atoms with Gasteiger partial charge in [-0.25, -0.2) is 13.6 Å². The molecule has 0 heterocycles. The molecular formula is C19H15F2N3O6. The molecular weight excluding hydrogens is 404 g/mol. The van der Waals surface area contributed by atoms with Crippen LogP contribution < -0.4 is 10.6 Å². The van der Waals surface area contributed by atoms with Crippen LogP contribution in [0.2, 0.25) is 0 Å². The number of anilines is 1. The van der Waals surface area contributed by atoms with Gasteiger partial charge in [0.15, 0.2) is 18.2 Å². The number of amides is 2. The number of nitro benzene ring substituents is 1. The lowest BCUT2D eigenvalue weighted by atomic mass is 10.2. The number of nitrogens with one attached hydrogen (secondary N) is 2. The predicted octanol–water partition coefficient (Wildman–Crippen LogP) is 2.18. The lowest BCUT2D eigenvalue weighted by molar-refractivity contribution is -0.384. The van der Waals surface area contributed by atoms with Crippen LogP contribution in [0.3, 0.4) is 0 Å². The zero-order valence-electron chi connectivity index (χ0n) is 15.3. The number of hydrogen-bond acceptors (Lipinski definition) is 6. The van der Waals surface area contributed by atoms with Gasteiger partial charge >= 0.3 is 5.97 Å². The quantitative estimate of drug-likeness (QED) is 0.292. The molecule has 2 N–H and O–H groups in total. The Morgan fingerprint density at radius 1 is 1.07 bits per heavy atom. The number of esters is 1. The molecule has 2 amide bonds. The number of carbonyl (C=O) groups excluding carboxylic acids is 3. The molecule has 0 aliphatic heterocycles. The molecule has 0 aliphatic carbocycles. The molecule has 0 saturated heterocycles. The number of carbonyl (C=O) groups is 3. The van der Waals surface area contributed by atoms with E-state index in [0.29, 0.717) is 5.56 Å². The largest absolute Gasteiger partial charge is 0.452 e. The van der Waals surface area contributed by atoms with Gasteiger partial charge in [-0.05, 0) is 23.8 Å². The van der Waals surface area contributed by atoms with Gasteiger partial charge < -0.3 is 15.4 Å². The molecule has 2 aromatic carbocycles. The van der Waals surface area contributed by atoms with Gasteiger partial charge in [0.05, 0.1) is 11.5 Å². The van der Waals surface area contributed by atoms with Crippen LogP contribution in [0.5, 0.6) is 0 Å². The molecule has 0 unspecified atom stereocenters. The van der Waals surface area contributed by atoms with E-state index in [0.717, 1.165) is 24.3 Å². The SMILES string of the molecule is O=C(COC(=O)/C=C/c1cccc([N+](=O)[O-])c1)NCC(=O)Nc1ccc(F)c(F)c1. The van der Waals surface area contributed by atoms with Crippen LogP contribution in [0.15, 0.2) is 48.5 Å². The molecule has 30 heavy (non-hydrogen) atoms. The van der Waals surface area contributed by atoms with Crippen LogP contribution in [0.1, 0.15) is 5.56 Å². The highest BCUT2D eigenvalue weighted by atomic mass is 19.2. The fraction of sp³-hybridized carbons (Fsp3) is 0.105. The van der Waals surface area contributed by atoms with Crippen molar-refractivity contribution in [2.24, 2.45) is 0 Å². The number of ether oxygens (including phenoxy) is 1. The van der Waals surface area contributed by atoms with Gasteiger partial charge in [0.1, 0.15) is 0 Å². The van der Waals surface area contributed by atoms with Crippen LogP contribution in [-0.4, -0.2) is 35.9 Å². The van der Waals surface area contributed by atoms with Crippen LogP contribution >= 0.6 is 0 Å². The average Bonchev–Trinajstić information content (AvgIpc) is 2.72. The Labute approximate surface area is 168 Å². The molecule has 0 aliphatic rings. The second kappa shape index (κ2) is 10.4. The van der Waals surface area contributed by atoms with Crippen molar-refractivity contribution in [3.63, 3.8) is 0 Å². The summed E-state index contributed by atoms with van der Waals surface area (Å²) < 4.78 is 30.6. The first-order valence-electron chi connectivity index (χ1n) is 8.35. The lowest BCUT2D eigenvalue weighted by Crippen LogP contribution is -2.35. The second-order valence-corrected chi connectivity index (χ2v) is 5.75. The fourth-order valence-corrected chi connectivity index (χ4v) is 2.10. The summed E-state index contributed by atoms with van der Waals surface area (Å²) in [7, 11) is 0. The second-order valence-electron chi connectivity index (χ2n) is 5.75. The van der Waals surface area contributed by atoms with E-state index in [2.05, 4.69) is 15.4 Å². The zero-order valence-corrected chi connectivity index (χ0v) is 15.3. The molecule has 2 aromatic rings. The summed E-state index contributed by atoms with van der Waals surface area (Å²) in [5.74, 6) is -4.55. The maximum Gasteiger partial charge on any atom is 0.331 e. The molecule has 11 heteroatoms. The highest BCUT2D eigenvalue weighted by Gasteiger charge is 2.10. The van der Waals surface area contributed by atoms with E-state index in [-0.39, 0.29) is 11.4 Å². The summed E-state index contributed by atoms with van der Waals surface area (Å²) >= 11 is 0. The third kappa shape index (κ3) is 7.11. The minimum Gasteiger partial charge on any atom is -0.452 e. The van der Waals surface area contributed by atoms with Gasteiger partial charge in [0.2, 0.25) is 5.91 Å². The zero-order chi connectivity index (χ0) is 22.1. The minimum atomic E-state index is -1.14. The lowest BCUT2D eigenvalue weighted by Gasteiger charge is -2.07. The highest BCUT2D eigenvalue weighted by Crippen LogP contribution is 2.14. The van der Waals surface area contributed by atoms with E-state index in [4.69, 9.17) is 0 Å². The summed E-state index contributed by atoms with van der Waals surface area (Å²) in [6, 6.07) is 8.30. The third-order valence-electron chi connectivity index (χ3n) is 3.49.